The molecule has 0 amide bonds. The number of halogens is 2. The average molecular weight is 374 g/mol. The van der Waals surface area contributed by atoms with Crippen molar-refractivity contribution in [3.63, 3.8) is 0 Å². The number of nitrogen functional groups attached to an aromatic ring is 1. The second kappa shape index (κ2) is 6.65. The van der Waals surface area contributed by atoms with E-state index in [4.69, 9.17) is 16.3 Å². The van der Waals surface area contributed by atoms with E-state index in [2.05, 4.69) is 4.90 Å². The third kappa shape index (κ3) is 3.11. The van der Waals surface area contributed by atoms with Crippen LogP contribution >= 0.6 is 0 Å². The van der Waals surface area contributed by atoms with Gasteiger partial charge in [-0.15, -0.1) is 0 Å². The van der Waals surface area contributed by atoms with E-state index in [9.17, 15) is 8.78 Å². The van der Waals surface area contributed by atoms with Crippen molar-refractivity contribution in [3.05, 3.63) is 47.5 Å². The van der Waals surface area contributed by atoms with E-state index < -0.39 is 11.6 Å². The number of aryl methyl sites for hydroxylation is 1. The van der Waals surface area contributed by atoms with Crippen molar-refractivity contribution in [2.24, 2.45) is 11.3 Å². The maximum atomic E-state index is 13.9. The zero-order valence-corrected chi connectivity index (χ0v) is 15.3. The summed E-state index contributed by atoms with van der Waals surface area (Å²) in [6.45, 7) is 5.26. The number of hydrazine groups is 1. The van der Waals surface area contributed by atoms with Gasteiger partial charge in [-0.05, 0) is 55.7 Å². The molecule has 2 aliphatic rings. The van der Waals surface area contributed by atoms with Crippen LogP contribution in [-0.4, -0.2) is 26.3 Å². The zero-order chi connectivity index (χ0) is 19.2. The number of hydrogen-bond donors (Lipinski definition) is 2. The number of rotatable bonds is 3. The second-order valence-electron chi connectivity index (χ2n) is 7.61. The zero-order valence-electron chi connectivity index (χ0n) is 15.3. The minimum atomic E-state index is -1.07. The molecule has 27 heavy (non-hydrogen) atoms. The van der Waals surface area contributed by atoms with E-state index in [0.717, 1.165) is 44.8 Å². The average Bonchev–Trinajstić information content (AvgIpc) is 2.67. The van der Waals surface area contributed by atoms with Gasteiger partial charge in [0.05, 0.1) is 17.1 Å². The highest BCUT2D eigenvalue weighted by Crippen LogP contribution is 2.42. The summed E-state index contributed by atoms with van der Waals surface area (Å²) in [4.78, 5) is 2.34. The van der Waals surface area contributed by atoms with Gasteiger partial charge in [0.2, 0.25) is 0 Å². The van der Waals surface area contributed by atoms with Crippen LogP contribution in [0.1, 0.15) is 18.4 Å². The molecular formula is C20H24F2N4O. The van der Waals surface area contributed by atoms with Crippen molar-refractivity contribution >= 4 is 22.7 Å². The van der Waals surface area contributed by atoms with E-state index >= 15 is 0 Å². The van der Waals surface area contributed by atoms with Crippen LogP contribution in [0.4, 0.5) is 31.5 Å². The van der Waals surface area contributed by atoms with Crippen molar-refractivity contribution in [3.8, 4) is 0 Å². The van der Waals surface area contributed by atoms with Gasteiger partial charge in [-0.1, -0.05) is 0 Å². The Bertz CT molecular complexity index is 842. The molecule has 2 fully saturated rings. The molecule has 0 atom stereocenters. The van der Waals surface area contributed by atoms with Crippen LogP contribution in [0.2, 0.25) is 0 Å². The molecule has 2 aromatic rings. The predicted octanol–water partition coefficient (Wildman–Crippen LogP) is 3.48. The maximum Gasteiger partial charge on any atom is 0.184 e. The quantitative estimate of drug-likeness (QED) is 0.489. The summed E-state index contributed by atoms with van der Waals surface area (Å²) in [5.74, 6) is 4.11. The molecule has 1 spiro atoms. The van der Waals surface area contributed by atoms with Crippen molar-refractivity contribution < 1.29 is 13.5 Å². The summed E-state index contributed by atoms with van der Waals surface area (Å²) in [5, 5.41) is 1.28. The smallest absolute Gasteiger partial charge is 0.184 e. The molecule has 0 bridgehead atoms. The molecule has 2 aromatic carbocycles. The highest BCUT2D eigenvalue weighted by Gasteiger charge is 2.43. The summed E-state index contributed by atoms with van der Waals surface area (Å²) in [7, 11) is 0. The molecule has 2 saturated heterocycles. The minimum absolute atomic E-state index is 0.158. The van der Waals surface area contributed by atoms with Crippen LogP contribution in [0.25, 0.3) is 0 Å². The van der Waals surface area contributed by atoms with E-state index in [1.54, 1.807) is 0 Å². The normalized spacial score (nSPS) is 18.4. The van der Waals surface area contributed by atoms with Gasteiger partial charge in [-0.2, -0.15) is 0 Å². The predicted molar refractivity (Wildman–Crippen MR) is 103 cm³/mol. The van der Waals surface area contributed by atoms with Crippen molar-refractivity contribution in [2.75, 3.05) is 41.9 Å². The van der Waals surface area contributed by atoms with Crippen molar-refractivity contribution in [1.82, 2.24) is 0 Å². The Kier molecular flexibility index (Phi) is 4.44. The fourth-order valence-corrected chi connectivity index (χ4v) is 3.98. The van der Waals surface area contributed by atoms with E-state index in [1.165, 1.54) is 18.0 Å². The molecule has 2 aliphatic heterocycles. The Morgan fingerprint density at radius 2 is 1.70 bits per heavy atom. The summed E-state index contributed by atoms with van der Waals surface area (Å²) in [6, 6.07) is 9.15. The molecule has 0 radical (unpaired) electrons. The third-order valence-corrected chi connectivity index (χ3v) is 5.76. The van der Waals surface area contributed by atoms with Gasteiger partial charge in [-0.25, -0.2) is 14.6 Å². The van der Waals surface area contributed by atoms with Crippen LogP contribution in [0.5, 0.6) is 0 Å². The Morgan fingerprint density at radius 1 is 1.07 bits per heavy atom. The second-order valence-corrected chi connectivity index (χ2v) is 7.61. The summed E-state index contributed by atoms with van der Waals surface area (Å²) < 4.78 is 33.0. The Hall–Kier alpha value is -2.38. The lowest BCUT2D eigenvalue weighted by Gasteiger charge is -2.53. The number of anilines is 4. The van der Waals surface area contributed by atoms with Gasteiger partial charge in [0.15, 0.2) is 11.6 Å². The molecule has 0 aliphatic carbocycles. The lowest BCUT2D eigenvalue weighted by Crippen LogP contribution is -2.58. The molecular weight excluding hydrogens is 350 g/mol. The first-order valence-electron chi connectivity index (χ1n) is 9.12. The SMILES string of the molecule is Cc1cc(N(N)c2ccc(N3CC4(CCOCC4)C3)cc2)c(N)c(F)c1F. The lowest BCUT2D eigenvalue weighted by molar-refractivity contribution is -0.000190. The number of nitrogens with zero attached hydrogens (tertiary/aromatic N) is 2. The van der Waals surface area contributed by atoms with Gasteiger partial charge < -0.3 is 15.4 Å². The Balaban J connectivity index is 1.50. The molecule has 144 valence electrons. The molecule has 4 rings (SSSR count). The van der Waals surface area contributed by atoms with E-state index in [0.29, 0.717) is 11.1 Å². The van der Waals surface area contributed by atoms with Crippen LogP contribution in [0.15, 0.2) is 30.3 Å². The molecule has 0 unspecified atom stereocenters. The Labute approximate surface area is 157 Å². The molecule has 0 saturated carbocycles. The van der Waals surface area contributed by atoms with E-state index in [1.807, 2.05) is 24.3 Å². The first-order valence-corrected chi connectivity index (χ1v) is 9.12. The fourth-order valence-electron chi connectivity index (χ4n) is 3.98. The highest BCUT2D eigenvalue weighted by atomic mass is 19.2. The number of ether oxygens (including phenoxy) is 1. The molecule has 4 N–H and O–H groups in total. The van der Waals surface area contributed by atoms with Gasteiger partial charge in [0.1, 0.15) is 0 Å². The third-order valence-electron chi connectivity index (χ3n) is 5.76. The summed E-state index contributed by atoms with van der Waals surface area (Å²) in [6.07, 6.45) is 2.24. The van der Waals surface area contributed by atoms with Gasteiger partial charge >= 0.3 is 0 Å². The van der Waals surface area contributed by atoms with Crippen LogP contribution in [-0.2, 0) is 4.74 Å². The standard InChI is InChI=1S/C20H24F2N4O/c1-13-10-16(19(23)18(22)17(13)21)26(24)15-4-2-14(3-5-15)25-11-20(12-25)6-8-27-9-7-20/h2-5,10H,6-9,11-12,23-24H2,1H3. The fraction of sp³-hybridized carbons (Fsp3) is 0.400. The first-order chi connectivity index (χ1) is 12.9. The Morgan fingerprint density at radius 3 is 2.33 bits per heavy atom. The van der Waals surface area contributed by atoms with Crippen LogP contribution in [0, 0.1) is 24.0 Å². The molecule has 7 heteroatoms. The topological polar surface area (TPSA) is 67.8 Å². The number of benzene rings is 2. The van der Waals surface area contributed by atoms with Crippen molar-refractivity contribution in [2.45, 2.75) is 19.8 Å². The van der Waals surface area contributed by atoms with Gasteiger partial charge in [-0.3, -0.25) is 5.01 Å². The van der Waals surface area contributed by atoms with Crippen LogP contribution in [0.3, 0.4) is 0 Å². The van der Waals surface area contributed by atoms with Gasteiger partial charge in [0, 0.05) is 37.4 Å². The first kappa shape index (κ1) is 18.0. The molecule has 2 heterocycles. The van der Waals surface area contributed by atoms with Gasteiger partial charge in [0.25, 0.3) is 0 Å². The van der Waals surface area contributed by atoms with Crippen LogP contribution < -0.4 is 21.5 Å². The molecule has 0 aromatic heterocycles. The largest absolute Gasteiger partial charge is 0.395 e. The lowest BCUT2D eigenvalue weighted by atomic mass is 9.73. The minimum Gasteiger partial charge on any atom is -0.395 e. The maximum absolute atomic E-state index is 13.9. The number of nitrogens with two attached hydrogens (primary N) is 2. The summed E-state index contributed by atoms with van der Waals surface area (Å²) in [5.41, 5.74) is 8.00. The highest BCUT2D eigenvalue weighted by molar-refractivity contribution is 5.76. The monoisotopic (exact) mass is 374 g/mol. The summed E-state index contributed by atoms with van der Waals surface area (Å²) >= 11 is 0. The van der Waals surface area contributed by atoms with Crippen molar-refractivity contribution in [1.29, 1.82) is 0 Å². The number of hydrogen-bond acceptors (Lipinski definition) is 5. The van der Waals surface area contributed by atoms with E-state index in [-0.39, 0.29) is 16.9 Å². The molecule has 5 nitrogen and oxygen atoms in total.